The smallest absolute Gasteiger partial charge is 0.253 e. The molecule has 1 heterocycles. The zero-order valence-electron chi connectivity index (χ0n) is 11.6. The summed E-state index contributed by atoms with van der Waals surface area (Å²) in [6.07, 6.45) is 3.33. The van der Waals surface area contributed by atoms with Gasteiger partial charge in [-0.25, -0.2) is 0 Å². The van der Waals surface area contributed by atoms with Gasteiger partial charge in [-0.15, -0.1) is 0 Å². The molecular weight excluding hydrogens is 260 g/mol. The number of amides is 1. The van der Waals surface area contributed by atoms with E-state index in [0.717, 1.165) is 32.4 Å². The molecule has 1 amide bonds. The molecule has 0 unspecified atom stereocenters. The van der Waals surface area contributed by atoms with E-state index in [-0.39, 0.29) is 5.91 Å². The van der Waals surface area contributed by atoms with Gasteiger partial charge < -0.3 is 10.6 Å². The third-order valence-corrected chi connectivity index (χ3v) is 4.81. The predicted molar refractivity (Wildman–Crippen MR) is 79.4 cm³/mol. The van der Waals surface area contributed by atoms with Crippen molar-refractivity contribution in [3.8, 4) is 0 Å². The lowest BCUT2D eigenvalue weighted by Crippen LogP contribution is -2.31. The van der Waals surface area contributed by atoms with Gasteiger partial charge in [0, 0.05) is 18.7 Å². The Morgan fingerprint density at radius 1 is 1.42 bits per heavy atom. The molecule has 104 valence electrons. The van der Waals surface area contributed by atoms with Crippen molar-refractivity contribution in [2.24, 2.45) is 5.41 Å². The Labute approximate surface area is 119 Å². The summed E-state index contributed by atoms with van der Waals surface area (Å²) >= 11 is 5.89. The van der Waals surface area contributed by atoms with Gasteiger partial charge in [-0.05, 0) is 42.9 Å². The summed E-state index contributed by atoms with van der Waals surface area (Å²) in [4.78, 5) is 14.4. The summed E-state index contributed by atoms with van der Waals surface area (Å²) < 4.78 is 0. The number of anilines is 1. The van der Waals surface area contributed by atoms with Gasteiger partial charge in [0.25, 0.3) is 5.91 Å². The maximum absolute atomic E-state index is 12.5. The van der Waals surface area contributed by atoms with Gasteiger partial charge in [-0.3, -0.25) is 4.79 Å². The number of nitrogens with zero attached hydrogens (tertiary/aromatic N) is 1. The molecule has 1 aromatic rings. The van der Waals surface area contributed by atoms with E-state index in [4.69, 9.17) is 17.3 Å². The zero-order valence-corrected chi connectivity index (χ0v) is 12.3. The second kappa shape index (κ2) is 5.41. The molecule has 0 spiro atoms. The van der Waals surface area contributed by atoms with Crippen molar-refractivity contribution in [1.82, 2.24) is 4.90 Å². The maximum atomic E-state index is 12.5. The molecule has 1 aliphatic heterocycles. The number of likely N-dealkylation sites (tertiary alicyclic amines) is 1. The topological polar surface area (TPSA) is 46.3 Å². The van der Waals surface area contributed by atoms with E-state index in [0.29, 0.717) is 21.7 Å². The normalized spacial score (nSPS) is 17.7. The fourth-order valence-electron chi connectivity index (χ4n) is 2.79. The molecule has 1 aromatic carbocycles. The van der Waals surface area contributed by atoms with Crippen molar-refractivity contribution in [1.29, 1.82) is 0 Å². The molecule has 3 nitrogen and oxygen atoms in total. The Bertz CT molecular complexity index is 483. The number of carbonyl (C=O) groups is 1. The molecule has 0 saturated carbocycles. The Kier molecular flexibility index (Phi) is 4.04. The summed E-state index contributed by atoms with van der Waals surface area (Å²) in [6.45, 7) is 6.10. The minimum Gasteiger partial charge on any atom is -0.398 e. The summed E-state index contributed by atoms with van der Waals surface area (Å²) in [7, 11) is 0. The van der Waals surface area contributed by atoms with Gasteiger partial charge in [-0.1, -0.05) is 25.4 Å². The highest BCUT2D eigenvalue weighted by Crippen LogP contribution is 2.37. The second-order valence-electron chi connectivity index (χ2n) is 5.42. The average Bonchev–Trinajstić information content (AvgIpc) is 2.86. The van der Waals surface area contributed by atoms with Crippen LogP contribution in [0.2, 0.25) is 5.02 Å². The van der Waals surface area contributed by atoms with Gasteiger partial charge >= 0.3 is 0 Å². The van der Waals surface area contributed by atoms with Crippen molar-refractivity contribution in [3.63, 3.8) is 0 Å². The van der Waals surface area contributed by atoms with E-state index in [1.807, 2.05) is 4.90 Å². The number of nitrogen functional groups attached to an aromatic ring is 1. The van der Waals surface area contributed by atoms with Crippen LogP contribution in [0.1, 0.15) is 43.5 Å². The highest BCUT2D eigenvalue weighted by Gasteiger charge is 2.37. The average molecular weight is 281 g/mol. The number of benzene rings is 1. The largest absolute Gasteiger partial charge is 0.398 e. The number of carbonyl (C=O) groups excluding carboxylic acids is 1. The molecule has 0 bridgehead atoms. The summed E-state index contributed by atoms with van der Waals surface area (Å²) in [5, 5.41) is 0.495. The van der Waals surface area contributed by atoms with Crippen LogP contribution in [-0.2, 0) is 0 Å². The van der Waals surface area contributed by atoms with Crippen molar-refractivity contribution in [2.75, 3.05) is 18.8 Å². The van der Waals surface area contributed by atoms with Crippen molar-refractivity contribution >= 4 is 23.2 Å². The van der Waals surface area contributed by atoms with Crippen LogP contribution in [0.5, 0.6) is 0 Å². The molecule has 0 aliphatic carbocycles. The van der Waals surface area contributed by atoms with Crippen LogP contribution in [0.15, 0.2) is 18.2 Å². The lowest BCUT2D eigenvalue weighted by Gasteiger charge is -2.26. The second-order valence-corrected chi connectivity index (χ2v) is 5.83. The lowest BCUT2D eigenvalue weighted by atomic mass is 9.82. The maximum Gasteiger partial charge on any atom is 0.253 e. The van der Waals surface area contributed by atoms with E-state index in [9.17, 15) is 4.79 Å². The summed E-state index contributed by atoms with van der Waals surface area (Å²) in [6, 6.07) is 5.11. The van der Waals surface area contributed by atoms with E-state index in [1.54, 1.807) is 18.2 Å². The van der Waals surface area contributed by atoms with E-state index < -0.39 is 0 Å². The van der Waals surface area contributed by atoms with Crippen LogP contribution in [0.3, 0.4) is 0 Å². The minimum atomic E-state index is 0.0622. The molecule has 1 saturated heterocycles. The van der Waals surface area contributed by atoms with Gasteiger partial charge in [0.1, 0.15) is 0 Å². The Balaban J connectivity index is 2.15. The quantitative estimate of drug-likeness (QED) is 0.860. The molecule has 2 N–H and O–H groups in total. The van der Waals surface area contributed by atoms with Gasteiger partial charge in [0.05, 0.1) is 10.7 Å². The number of rotatable bonds is 3. The molecule has 1 aliphatic rings. The fourth-order valence-corrected chi connectivity index (χ4v) is 2.91. The number of hydrogen-bond acceptors (Lipinski definition) is 2. The molecular formula is C15H21ClN2O. The molecule has 2 rings (SSSR count). The highest BCUT2D eigenvalue weighted by atomic mass is 35.5. The third kappa shape index (κ3) is 2.71. The van der Waals surface area contributed by atoms with E-state index in [1.165, 1.54) is 0 Å². The van der Waals surface area contributed by atoms with Gasteiger partial charge in [-0.2, -0.15) is 0 Å². The van der Waals surface area contributed by atoms with Crippen molar-refractivity contribution < 1.29 is 4.79 Å². The van der Waals surface area contributed by atoms with Crippen LogP contribution in [-0.4, -0.2) is 23.9 Å². The molecule has 0 aromatic heterocycles. The first kappa shape index (κ1) is 14.2. The summed E-state index contributed by atoms with van der Waals surface area (Å²) in [5.41, 5.74) is 7.15. The van der Waals surface area contributed by atoms with E-state index in [2.05, 4.69) is 13.8 Å². The van der Waals surface area contributed by atoms with E-state index >= 15 is 0 Å². The number of hydrogen-bond donors (Lipinski definition) is 1. The fraction of sp³-hybridized carbons (Fsp3) is 0.533. The number of nitrogens with two attached hydrogens (primary N) is 1. The first-order valence-corrected chi connectivity index (χ1v) is 7.23. The Morgan fingerprint density at radius 3 is 2.63 bits per heavy atom. The van der Waals surface area contributed by atoms with Crippen LogP contribution < -0.4 is 5.73 Å². The minimum absolute atomic E-state index is 0.0622. The standard InChI is InChI=1S/C15H21ClN2O/c1-3-15(4-2)7-8-18(10-15)14(19)11-5-6-12(16)13(17)9-11/h5-6,9H,3-4,7-8,10,17H2,1-2H3. The van der Waals surface area contributed by atoms with Crippen LogP contribution in [0.4, 0.5) is 5.69 Å². The van der Waals surface area contributed by atoms with Crippen LogP contribution in [0.25, 0.3) is 0 Å². The zero-order chi connectivity index (χ0) is 14.0. The van der Waals surface area contributed by atoms with Crippen molar-refractivity contribution in [3.05, 3.63) is 28.8 Å². The first-order valence-electron chi connectivity index (χ1n) is 6.85. The number of halogens is 1. The summed E-state index contributed by atoms with van der Waals surface area (Å²) in [5.74, 6) is 0.0622. The Hall–Kier alpha value is -1.22. The van der Waals surface area contributed by atoms with Crippen LogP contribution >= 0.6 is 11.6 Å². The molecule has 0 atom stereocenters. The lowest BCUT2D eigenvalue weighted by molar-refractivity contribution is 0.0770. The van der Waals surface area contributed by atoms with Gasteiger partial charge in [0.2, 0.25) is 0 Å². The molecule has 0 radical (unpaired) electrons. The molecule has 1 fully saturated rings. The third-order valence-electron chi connectivity index (χ3n) is 4.47. The van der Waals surface area contributed by atoms with Gasteiger partial charge in [0.15, 0.2) is 0 Å². The Morgan fingerprint density at radius 2 is 2.11 bits per heavy atom. The molecule has 4 heteroatoms. The first-order chi connectivity index (χ1) is 9.01. The molecule has 19 heavy (non-hydrogen) atoms. The monoisotopic (exact) mass is 280 g/mol. The van der Waals surface area contributed by atoms with Crippen molar-refractivity contribution in [2.45, 2.75) is 33.1 Å². The SMILES string of the molecule is CCC1(CC)CCN(C(=O)c2ccc(Cl)c(N)c2)C1. The predicted octanol–water partition coefficient (Wildman–Crippen LogP) is 3.57. The van der Waals surface area contributed by atoms with Crippen LogP contribution in [0, 0.1) is 5.41 Å². The highest BCUT2D eigenvalue weighted by molar-refractivity contribution is 6.33.